The van der Waals surface area contributed by atoms with Gasteiger partial charge in [0.05, 0.1) is 17.1 Å². The van der Waals surface area contributed by atoms with E-state index in [-0.39, 0.29) is 10.6 Å². The molecule has 2 aromatic rings. The quantitative estimate of drug-likeness (QED) is 0.711. The van der Waals surface area contributed by atoms with Crippen molar-refractivity contribution in [3.63, 3.8) is 0 Å². The van der Waals surface area contributed by atoms with Crippen LogP contribution in [0.25, 0.3) is 0 Å². The average Bonchev–Trinajstić information content (AvgIpc) is 2.49. The zero-order chi connectivity index (χ0) is 17.0. The minimum Gasteiger partial charge on any atom is -0.322 e. The van der Waals surface area contributed by atoms with Crippen LogP contribution in [-0.2, 0) is 14.8 Å². The predicted molar refractivity (Wildman–Crippen MR) is 92.1 cm³/mol. The first kappa shape index (κ1) is 18.1. The van der Waals surface area contributed by atoms with Gasteiger partial charge in [-0.25, -0.2) is 17.5 Å². The summed E-state index contributed by atoms with van der Waals surface area (Å²) >= 11 is 6.31. The molecule has 9 heteroatoms. The Morgan fingerprint density at radius 1 is 1.04 bits per heavy atom. The highest BCUT2D eigenvalue weighted by atomic mass is 79.9. The predicted octanol–water partition coefficient (Wildman–Crippen LogP) is 3.27. The molecule has 1 amide bonds. The van der Waals surface area contributed by atoms with E-state index in [0.717, 1.165) is 4.47 Å². The molecule has 122 valence electrons. The Morgan fingerprint density at radius 3 is 2.26 bits per heavy atom. The Bertz CT molecular complexity index is 826. The maximum atomic E-state index is 13.6. The van der Waals surface area contributed by atoms with E-state index in [9.17, 15) is 17.6 Å². The summed E-state index contributed by atoms with van der Waals surface area (Å²) < 4.78 is 41.1. The second-order valence-corrected chi connectivity index (χ2v) is 8.05. The van der Waals surface area contributed by atoms with Crippen LogP contribution in [0.15, 0.2) is 56.3 Å². The molecule has 0 saturated carbocycles. The van der Waals surface area contributed by atoms with Crippen molar-refractivity contribution in [1.82, 2.24) is 4.72 Å². The Hall–Kier alpha value is -1.29. The molecule has 23 heavy (non-hydrogen) atoms. The molecule has 0 aromatic heterocycles. The lowest BCUT2D eigenvalue weighted by molar-refractivity contribution is -0.115. The lowest BCUT2D eigenvalue weighted by Crippen LogP contribution is -2.33. The van der Waals surface area contributed by atoms with Gasteiger partial charge < -0.3 is 5.32 Å². The smallest absolute Gasteiger partial charge is 0.241 e. The summed E-state index contributed by atoms with van der Waals surface area (Å²) in [5, 5.41) is 2.30. The van der Waals surface area contributed by atoms with Crippen molar-refractivity contribution < 1.29 is 17.6 Å². The van der Waals surface area contributed by atoms with Crippen LogP contribution >= 0.6 is 31.9 Å². The number of amides is 1. The van der Waals surface area contributed by atoms with Crippen molar-refractivity contribution in [3.05, 3.63) is 57.2 Å². The number of nitrogens with one attached hydrogen (secondary N) is 2. The van der Waals surface area contributed by atoms with Crippen molar-refractivity contribution in [1.29, 1.82) is 0 Å². The lowest BCUT2D eigenvalue weighted by atomic mass is 10.3. The second-order valence-electron chi connectivity index (χ2n) is 4.45. The molecule has 0 saturated heterocycles. The highest BCUT2D eigenvalue weighted by Crippen LogP contribution is 2.19. The van der Waals surface area contributed by atoms with Crippen LogP contribution in [0.3, 0.4) is 0 Å². The van der Waals surface area contributed by atoms with Gasteiger partial charge in [0.25, 0.3) is 0 Å². The van der Waals surface area contributed by atoms with Gasteiger partial charge >= 0.3 is 0 Å². The number of halogens is 3. The molecule has 0 radical (unpaired) electrons. The molecule has 0 heterocycles. The van der Waals surface area contributed by atoms with Gasteiger partial charge in [0.1, 0.15) is 5.82 Å². The number of carbonyl (C=O) groups is 1. The maximum absolute atomic E-state index is 13.6. The molecule has 0 aliphatic rings. The third-order valence-corrected chi connectivity index (χ3v) is 5.19. The van der Waals surface area contributed by atoms with Gasteiger partial charge in [0, 0.05) is 8.95 Å². The normalized spacial score (nSPS) is 11.3. The Morgan fingerprint density at radius 2 is 1.65 bits per heavy atom. The van der Waals surface area contributed by atoms with Gasteiger partial charge in [-0.15, -0.1) is 0 Å². The maximum Gasteiger partial charge on any atom is 0.241 e. The van der Waals surface area contributed by atoms with E-state index >= 15 is 0 Å². The molecule has 0 fully saturated rings. The van der Waals surface area contributed by atoms with E-state index in [1.54, 1.807) is 18.2 Å². The number of carbonyl (C=O) groups excluding carboxylic acids is 1. The molecule has 0 aliphatic heterocycles. The summed E-state index contributed by atoms with van der Waals surface area (Å²) in [5.74, 6) is -1.30. The van der Waals surface area contributed by atoms with Crippen LogP contribution < -0.4 is 10.0 Å². The first-order valence-corrected chi connectivity index (χ1v) is 9.35. The van der Waals surface area contributed by atoms with Gasteiger partial charge in [-0.2, -0.15) is 0 Å². The van der Waals surface area contributed by atoms with Crippen LogP contribution in [0.2, 0.25) is 0 Å². The minimum absolute atomic E-state index is 0.0268. The van der Waals surface area contributed by atoms with Crippen LogP contribution in [-0.4, -0.2) is 20.9 Å². The third kappa shape index (κ3) is 5.10. The number of anilines is 1. The lowest BCUT2D eigenvalue weighted by Gasteiger charge is -2.09. The van der Waals surface area contributed by atoms with Gasteiger partial charge in [0.15, 0.2) is 0 Å². The summed E-state index contributed by atoms with van der Waals surface area (Å²) in [7, 11) is -3.81. The molecule has 2 N–H and O–H groups in total. The van der Waals surface area contributed by atoms with Crippen LogP contribution in [0, 0.1) is 5.82 Å². The largest absolute Gasteiger partial charge is 0.322 e. The van der Waals surface area contributed by atoms with E-state index in [2.05, 4.69) is 41.9 Å². The van der Waals surface area contributed by atoms with Crippen molar-refractivity contribution in [2.75, 3.05) is 11.9 Å². The zero-order valence-corrected chi connectivity index (χ0v) is 15.5. The fourth-order valence-corrected chi connectivity index (χ4v) is 3.22. The SMILES string of the molecule is O=C(CNS(=O)(=O)c1ccc(Br)cc1)Nc1ccc(Br)cc1F. The highest BCUT2D eigenvalue weighted by molar-refractivity contribution is 9.10. The molecular weight excluding hydrogens is 455 g/mol. The Labute approximate surface area is 149 Å². The van der Waals surface area contributed by atoms with Crippen molar-refractivity contribution in [3.8, 4) is 0 Å². The standard InChI is InChI=1S/C14H11Br2FN2O3S/c15-9-1-4-11(5-2-9)23(21,22)18-8-14(20)19-13-6-3-10(16)7-12(13)17/h1-7,18H,8H2,(H,19,20). The van der Waals surface area contributed by atoms with Crippen molar-refractivity contribution in [2.24, 2.45) is 0 Å². The second kappa shape index (κ2) is 7.52. The molecule has 0 spiro atoms. The molecule has 0 bridgehead atoms. The van der Waals surface area contributed by atoms with E-state index < -0.39 is 28.3 Å². The fraction of sp³-hybridized carbons (Fsp3) is 0.0714. The average molecular weight is 466 g/mol. The number of rotatable bonds is 5. The molecule has 5 nitrogen and oxygen atoms in total. The van der Waals surface area contributed by atoms with E-state index in [4.69, 9.17) is 0 Å². The number of sulfonamides is 1. The Kier molecular flexibility index (Phi) is 5.90. The highest BCUT2D eigenvalue weighted by Gasteiger charge is 2.16. The van der Waals surface area contributed by atoms with Gasteiger partial charge in [0.2, 0.25) is 15.9 Å². The number of hydrogen-bond donors (Lipinski definition) is 2. The minimum atomic E-state index is -3.81. The van der Waals surface area contributed by atoms with Crippen molar-refractivity contribution in [2.45, 2.75) is 4.90 Å². The van der Waals surface area contributed by atoms with Crippen LogP contribution in [0.4, 0.5) is 10.1 Å². The third-order valence-electron chi connectivity index (χ3n) is 2.75. The first-order chi connectivity index (χ1) is 10.8. The fourth-order valence-electron chi connectivity index (χ4n) is 1.64. The first-order valence-electron chi connectivity index (χ1n) is 6.28. The summed E-state index contributed by atoms with van der Waals surface area (Å²) in [4.78, 5) is 11.8. The molecule has 0 unspecified atom stereocenters. The Balaban J connectivity index is 1.99. The molecule has 0 aliphatic carbocycles. The van der Waals surface area contributed by atoms with Gasteiger partial charge in [-0.1, -0.05) is 31.9 Å². The van der Waals surface area contributed by atoms with E-state index in [1.165, 1.54) is 24.3 Å². The molecule has 0 atom stereocenters. The molecule has 2 aromatic carbocycles. The van der Waals surface area contributed by atoms with Crippen LogP contribution in [0.5, 0.6) is 0 Å². The number of hydrogen-bond acceptors (Lipinski definition) is 3. The summed E-state index contributed by atoms with van der Waals surface area (Å²) in [6, 6.07) is 10.1. The summed E-state index contributed by atoms with van der Waals surface area (Å²) in [5.41, 5.74) is -0.0268. The van der Waals surface area contributed by atoms with E-state index in [1.807, 2.05) is 0 Å². The number of benzene rings is 2. The molecular formula is C14H11Br2FN2O3S. The van der Waals surface area contributed by atoms with E-state index in [0.29, 0.717) is 4.47 Å². The topological polar surface area (TPSA) is 75.3 Å². The molecule has 2 rings (SSSR count). The van der Waals surface area contributed by atoms with Crippen LogP contribution in [0.1, 0.15) is 0 Å². The zero-order valence-electron chi connectivity index (χ0n) is 11.5. The van der Waals surface area contributed by atoms with Gasteiger partial charge in [-0.05, 0) is 42.5 Å². The van der Waals surface area contributed by atoms with Crippen molar-refractivity contribution >= 4 is 53.5 Å². The summed E-state index contributed by atoms with van der Waals surface area (Å²) in [6.45, 7) is -0.506. The monoisotopic (exact) mass is 464 g/mol. The summed E-state index contributed by atoms with van der Waals surface area (Å²) in [6.07, 6.45) is 0. The van der Waals surface area contributed by atoms with Gasteiger partial charge in [-0.3, -0.25) is 4.79 Å².